The second kappa shape index (κ2) is 5.11. The lowest BCUT2D eigenvalue weighted by Gasteiger charge is -2.33. The molecule has 3 rings (SSSR count). The molecule has 110 valence electrons. The number of hydrogen-bond acceptors (Lipinski definition) is 3. The van der Waals surface area contributed by atoms with E-state index in [4.69, 9.17) is 0 Å². The topological polar surface area (TPSA) is 52.7 Å². The first kappa shape index (κ1) is 14.0. The van der Waals surface area contributed by atoms with E-state index in [0.717, 1.165) is 31.5 Å². The van der Waals surface area contributed by atoms with E-state index >= 15 is 0 Å². The standard InChI is InChI=1S/C14H21N3O2S/c1-16-9-11-17(12-10-16)20(18,19)15-14(7-8-14)13-5-3-2-4-6-13/h2-6,15H,7-12H2,1H3. The van der Waals surface area contributed by atoms with Crippen LogP contribution in [0.3, 0.4) is 0 Å². The molecule has 1 aromatic rings. The van der Waals surface area contributed by atoms with E-state index in [-0.39, 0.29) is 5.54 Å². The van der Waals surface area contributed by atoms with Gasteiger partial charge in [0.15, 0.2) is 0 Å². The minimum absolute atomic E-state index is 0.372. The van der Waals surface area contributed by atoms with Gasteiger partial charge in [-0.1, -0.05) is 30.3 Å². The van der Waals surface area contributed by atoms with Crippen LogP contribution in [0.2, 0.25) is 0 Å². The van der Waals surface area contributed by atoms with Gasteiger partial charge in [0, 0.05) is 26.2 Å². The minimum atomic E-state index is -3.39. The molecule has 20 heavy (non-hydrogen) atoms. The molecule has 0 aromatic heterocycles. The van der Waals surface area contributed by atoms with Gasteiger partial charge in [0.25, 0.3) is 10.2 Å². The first-order chi connectivity index (χ1) is 9.52. The molecule has 2 fully saturated rings. The van der Waals surface area contributed by atoms with Crippen molar-refractivity contribution < 1.29 is 8.42 Å². The van der Waals surface area contributed by atoms with Crippen LogP contribution in [-0.2, 0) is 15.7 Å². The van der Waals surface area contributed by atoms with Crippen LogP contribution in [-0.4, -0.2) is 50.8 Å². The molecule has 1 saturated carbocycles. The SMILES string of the molecule is CN1CCN(S(=O)(=O)NC2(c3ccccc3)CC2)CC1. The Morgan fingerprint density at radius 3 is 2.20 bits per heavy atom. The van der Waals surface area contributed by atoms with E-state index in [9.17, 15) is 8.42 Å². The summed E-state index contributed by atoms with van der Waals surface area (Å²) in [7, 11) is -1.38. The zero-order chi connectivity index (χ0) is 14.2. The van der Waals surface area contributed by atoms with Crippen LogP contribution in [0.4, 0.5) is 0 Å². The Morgan fingerprint density at radius 1 is 1.05 bits per heavy atom. The fourth-order valence-corrected chi connectivity index (χ4v) is 4.26. The van der Waals surface area contributed by atoms with Gasteiger partial charge < -0.3 is 4.90 Å². The maximum absolute atomic E-state index is 12.5. The van der Waals surface area contributed by atoms with Crippen molar-refractivity contribution in [2.75, 3.05) is 33.2 Å². The highest BCUT2D eigenvalue weighted by Crippen LogP contribution is 2.46. The number of hydrogen-bond donors (Lipinski definition) is 1. The lowest BCUT2D eigenvalue weighted by atomic mass is 10.1. The average Bonchev–Trinajstić information content (AvgIpc) is 3.20. The predicted octanol–water partition coefficient (Wildman–Crippen LogP) is 0.758. The van der Waals surface area contributed by atoms with Crippen molar-refractivity contribution in [3.8, 4) is 0 Å². The summed E-state index contributed by atoms with van der Waals surface area (Å²) in [6.45, 7) is 2.71. The van der Waals surface area contributed by atoms with Crippen LogP contribution >= 0.6 is 0 Å². The average molecular weight is 295 g/mol. The molecule has 5 nitrogen and oxygen atoms in total. The third-order valence-corrected chi connectivity index (χ3v) is 5.90. The zero-order valence-corrected chi connectivity index (χ0v) is 12.6. The Balaban J connectivity index is 1.74. The lowest BCUT2D eigenvalue weighted by Crippen LogP contribution is -2.52. The number of nitrogens with zero attached hydrogens (tertiary/aromatic N) is 2. The third-order valence-electron chi connectivity index (χ3n) is 4.20. The first-order valence-electron chi connectivity index (χ1n) is 7.05. The summed E-state index contributed by atoms with van der Waals surface area (Å²) in [5, 5.41) is 0. The highest BCUT2D eigenvalue weighted by molar-refractivity contribution is 7.87. The van der Waals surface area contributed by atoms with E-state index in [0.29, 0.717) is 13.1 Å². The quantitative estimate of drug-likeness (QED) is 0.892. The van der Waals surface area contributed by atoms with Crippen molar-refractivity contribution in [2.45, 2.75) is 18.4 Å². The Hall–Kier alpha value is -0.950. The molecule has 0 unspecified atom stereocenters. The van der Waals surface area contributed by atoms with Gasteiger partial charge in [-0.25, -0.2) is 0 Å². The van der Waals surface area contributed by atoms with Crippen molar-refractivity contribution in [1.29, 1.82) is 0 Å². The van der Waals surface area contributed by atoms with E-state index in [1.807, 2.05) is 37.4 Å². The van der Waals surface area contributed by atoms with Crippen LogP contribution in [0, 0.1) is 0 Å². The predicted molar refractivity (Wildman–Crippen MR) is 78.5 cm³/mol. The van der Waals surface area contributed by atoms with Crippen molar-refractivity contribution >= 4 is 10.2 Å². The molecule has 1 heterocycles. The number of piperazine rings is 1. The first-order valence-corrected chi connectivity index (χ1v) is 8.49. The summed E-state index contributed by atoms with van der Waals surface area (Å²) in [5.74, 6) is 0. The Labute approximate surface area is 120 Å². The van der Waals surface area contributed by atoms with Gasteiger partial charge in [-0.3, -0.25) is 0 Å². The number of benzene rings is 1. The maximum Gasteiger partial charge on any atom is 0.280 e. The molecule has 6 heteroatoms. The number of nitrogens with one attached hydrogen (secondary N) is 1. The second-order valence-corrected chi connectivity index (χ2v) is 7.43. The summed E-state index contributed by atoms with van der Waals surface area (Å²) in [6, 6.07) is 9.87. The molecule has 0 bridgehead atoms. The van der Waals surface area contributed by atoms with E-state index in [1.165, 1.54) is 0 Å². The maximum atomic E-state index is 12.5. The van der Waals surface area contributed by atoms with Gasteiger partial charge >= 0.3 is 0 Å². The Kier molecular flexibility index (Phi) is 3.58. The zero-order valence-electron chi connectivity index (χ0n) is 11.7. The van der Waals surface area contributed by atoms with Crippen molar-refractivity contribution in [3.05, 3.63) is 35.9 Å². The van der Waals surface area contributed by atoms with Crippen LogP contribution in [0.25, 0.3) is 0 Å². The molecule has 2 aliphatic rings. The van der Waals surface area contributed by atoms with Gasteiger partial charge in [0.2, 0.25) is 0 Å². The molecular weight excluding hydrogens is 274 g/mol. The summed E-state index contributed by atoms with van der Waals surface area (Å²) >= 11 is 0. The van der Waals surface area contributed by atoms with Gasteiger partial charge in [-0.2, -0.15) is 17.4 Å². The van der Waals surface area contributed by atoms with E-state index < -0.39 is 10.2 Å². The third kappa shape index (κ3) is 2.74. The molecular formula is C14H21N3O2S. The van der Waals surface area contributed by atoms with E-state index in [1.54, 1.807) is 4.31 Å². The van der Waals surface area contributed by atoms with Gasteiger partial charge in [0.05, 0.1) is 5.54 Å². The number of likely N-dealkylation sites (N-methyl/N-ethyl adjacent to an activating group) is 1. The molecule has 1 aromatic carbocycles. The van der Waals surface area contributed by atoms with Crippen molar-refractivity contribution in [1.82, 2.24) is 13.9 Å². The highest BCUT2D eigenvalue weighted by Gasteiger charge is 2.48. The molecule has 0 atom stereocenters. The minimum Gasteiger partial charge on any atom is -0.304 e. The molecule has 1 saturated heterocycles. The van der Waals surface area contributed by atoms with Crippen LogP contribution < -0.4 is 4.72 Å². The second-order valence-electron chi connectivity index (χ2n) is 5.76. The highest BCUT2D eigenvalue weighted by atomic mass is 32.2. The van der Waals surface area contributed by atoms with Crippen molar-refractivity contribution in [3.63, 3.8) is 0 Å². The fourth-order valence-electron chi connectivity index (χ4n) is 2.67. The molecule has 0 radical (unpaired) electrons. The van der Waals surface area contributed by atoms with Gasteiger partial charge in [-0.15, -0.1) is 0 Å². The molecule has 1 aliphatic carbocycles. The normalized spacial score (nSPS) is 23.6. The van der Waals surface area contributed by atoms with Crippen molar-refractivity contribution in [2.24, 2.45) is 0 Å². The monoisotopic (exact) mass is 295 g/mol. The molecule has 1 aliphatic heterocycles. The van der Waals surface area contributed by atoms with Gasteiger partial charge in [-0.05, 0) is 25.5 Å². The summed E-state index contributed by atoms with van der Waals surface area (Å²) < 4.78 is 29.5. The fraction of sp³-hybridized carbons (Fsp3) is 0.571. The van der Waals surface area contributed by atoms with Gasteiger partial charge in [0.1, 0.15) is 0 Å². The van der Waals surface area contributed by atoms with Crippen LogP contribution in [0.1, 0.15) is 18.4 Å². The Bertz CT molecular complexity index is 561. The molecule has 1 N–H and O–H groups in total. The summed E-state index contributed by atoms with van der Waals surface area (Å²) in [5.41, 5.74) is 0.696. The van der Waals surface area contributed by atoms with E-state index in [2.05, 4.69) is 9.62 Å². The summed E-state index contributed by atoms with van der Waals surface area (Å²) in [4.78, 5) is 2.15. The molecule has 0 spiro atoms. The molecule has 0 amide bonds. The lowest BCUT2D eigenvalue weighted by molar-refractivity contribution is 0.220. The summed E-state index contributed by atoms with van der Waals surface area (Å²) in [6.07, 6.45) is 1.76. The smallest absolute Gasteiger partial charge is 0.280 e. The number of rotatable bonds is 4. The van der Waals surface area contributed by atoms with Crippen LogP contribution in [0.5, 0.6) is 0 Å². The largest absolute Gasteiger partial charge is 0.304 e. The Morgan fingerprint density at radius 2 is 1.65 bits per heavy atom. The van der Waals surface area contributed by atoms with Crippen LogP contribution in [0.15, 0.2) is 30.3 Å².